The second-order valence-corrected chi connectivity index (χ2v) is 6.22. The van der Waals surface area contributed by atoms with E-state index in [1.165, 1.54) is 0 Å². The van der Waals surface area contributed by atoms with Gasteiger partial charge in [-0.05, 0) is 25.0 Å². The lowest BCUT2D eigenvalue weighted by atomic mass is 10.1. The first-order valence-corrected chi connectivity index (χ1v) is 7.97. The average molecular weight is 347 g/mol. The zero-order valence-corrected chi connectivity index (χ0v) is 13.1. The van der Waals surface area contributed by atoms with Gasteiger partial charge in [-0.3, -0.25) is 4.79 Å². The Bertz CT molecular complexity index is 839. The summed E-state index contributed by atoms with van der Waals surface area (Å²) in [4.78, 5) is 12.2. The van der Waals surface area contributed by atoms with E-state index >= 15 is 0 Å². The Hall–Kier alpha value is -2.83. The van der Waals surface area contributed by atoms with Crippen molar-refractivity contribution in [1.82, 2.24) is 0 Å². The highest BCUT2D eigenvalue weighted by molar-refractivity contribution is 6.06. The number of hydrogen-bond acceptors (Lipinski definition) is 4. The van der Waals surface area contributed by atoms with Gasteiger partial charge < -0.3 is 19.9 Å². The highest BCUT2D eigenvalue weighted by Crippen LogP contribution is 2.47. The monoisotopic (exact) mass is 347 g/mol. The Morgan fingerprint density at radius 2 is 1.80 bits per heavy atom. The van der Waals surface area contributed by atoms with Crippen molar-refractivity contribution in [2.75, 3.05) is 5.32 Å². The first-order valence-electron chi connectivity index (χ1n) is 7.97. The summed E-state index contributed by atoms with van der Waals surface area (Å²) in [5.74, 6) is -3.27. The molecule has 1 fully saturated rings. The maximum Gasteiger partial charge on any atom is 0.262 e. The van der Waals surface area contributed by atoms with Gasteiger partial charge in [-0.2, -0.15) is 0 Å². The molecule has 2 aromatic rings. The fraction of sp³-hybridized carbons (Fsp3) is 0.278. The van der Waals surface area contributed by atoms with E-state index in [-0.39, 0.29) is 0 Å². The van der Waals surface area contributed by atoms with Crippen molar-refractivity contribution >= 4 is 11.6 Å². The molecule has 1 aliphatic carbocycles. The lowest BCUT2D eigenvalue weighted by Gasteiger charge is -2.21. The van der Waals surface area contributed by atoms with Crippen LogP contribution in [0.4, 0.5) is 14.5 Å². The molecule has 0 aromatic heterocycles. The number of rotatable bonds is 2. The number of ether oxygens (including phenoxy) is 2. The van der Waals surface area contributed by atoms with Crippen LogP contribution in [0.3, 0.4) is 0 Å². The van der Waals surface area contributed by atoms with Crippen LogP contribution in [0.15, 0.2) is 30.3 Å². The first-order chi connectivity index (χ1) is 12.0. The molecule has 4 rings (SSSR count). The zero-order chi connectivity index (χ0) is 17.6. The van der Waals surface area contributed by atoms with Gasteiger partial charge in [-0.25, -0.2) is 8.78 Å². The maximum absolute atomic E-state index is 13.8. The van der Waals surface area contributed by atoms with Crippen molar-refractivity contribution < 1.29 is 28.2 Å². The van der Waals surface area contributed by atoms with Crippen molar-refractivity contribution in [3.05, 3.63) is 47.5 Å². The molecular formula is C18H15F2NO4. The van der Waals surface area contributed by atoms with E-state index in [0.717, 1.165) is 25.7 Å². The summed E-state index contributed by atoms with van der Waals surface area (Å²) < 4.78 is 38.6. The summed E-state index contributed by atoms with van der Waals surface area (Å²) in [5.41, 5.74) is -0.267. The van der Waals surface area contributed by atoms with E-state index in [1.54, 1.807) is 18.2 Å². The van der Waals surface area contributed by atoms with Gasteiger partial charge in [-0.15, -0.1) is 0 Å². The third-order valence-corrected chi connectivity index (χ3v) is 4.42. The van der Waals surface area contributed by atoms with Crippen LogP contribution < -0.4 is 14.8 Å². The summed E-state index contributed by atoms with van der Waals surface area (Å²) in [6.07, 6.45) is 3.66. The highest BCUT2D eigenvalue weighted by atomic mass is 19.1. The van der Waals surface area contributed by atoms with Crippen LogP contribution in [0.1, 0.15) is 36.0 Å². The van der Waals surface area contributed by atoms with Crippen molar-refractivity contribution in [2.24, 2.45) is 0 Å². The molecule has 0 radical (unpaired) electrons. The smallest absolute Gasteiger partial charge is 0.262 e. The molecule has 1 amide bonds. The highest BCUT2D eigenvalue weighted by Gasteiger charge is 2.44. The lowest BCUT2D eigenvalue weighted by molar-refractivity contribution is -0.0716. The molecule has 2 aliphatic rings. The summed E-state index contributed by atoms with van der Waals surface area (Å²) in [6.45, 7) is 0. The van der Waals surface area contributed by atoms with Crippen LogP contribution in [0.5, 0.6) is 17.2 Å². The number of fused-ring (bicyclic) bond motifs is 1. The Balaban J connectivity index is 1.56. The zero-order valence-electron chi connectivity index (χ0n) is 13.1. The number of nitrogens with one attached hydrogen (secondary N) is 1. The van der Waals surface area contributed by atoms with Gasteiger partial charge in [0.25, 0.3) is 11.7 Å². The molecule has 2 N–H and O–H groups in total. The Morgan fingerprint density at radius 1 is 1.08 bits per heavy atom. The Morgan fingerprint density at radius 3 is 2.52 bits per heavy atom. The molecule has 1 heterocycles. The summed E-state index contributed by atoms with van der Waals surface area (Å²) in [5, 5.41) is 12.1. The minimum Gasteiger partial charge on any atom is -0.507 e. The van der Waals surface area contributed by atoms with E-state index in [9.17, 15) is 18.7 Å². The average Bonchev–Trinajstić information content (AvgIpc) is 3.12. The van der Waals surface area contributed by atoms with E-state index in [4.69, 9.17) is 9.47 Å². The number of phenols is 1. The van der Waals surface area contributed by atoms with Crippen LogP contribution in [0, 0.1) is 11.6 Å². The third-order valence-electron chi connectivity index (χ3n) is 4.42. The number of phenolic OH excluding ortho intramolecular Hbond substituents is 1. The van der Waals surface area contributed by atoms with Crippen molar-refractivity contribution in [3.63, 3.8) is 0 Å². The van der Waals surface area contributed by atoms with E-state index in [1.807, 2.05) is 0 Å². The van der Waals surface area contributed by atoms with Gasteiger partial charge in [0, 0.05) is 36.7 Å². The molecule has 0 saturated heterocycles. The summed E-state index contributed by atoms with van der Waals surface area (Å²) in [7, 11) is 0. The van der Waals surface area contributed by atoms with E-state index < -0.39 is 34.6 Å². The SMILES string of the molecule is O=C(Nc1ccc2c(c1)OC1(CCCC1)O2)c1c(O)cc(F)cc1F. The second-order valence-electron chi connectivity index (χ2n) is 6.22. The molecule has 0 atom stereocenters. The molecule has 1 saturated carbocycles. The molecule has 25 heavy (non-hydrogen) atoms. The van der Waals surface area contributed by atoms with Crippen LogP contribution >= 0.6 is 0 Å². The molecule has 5 nitrogen and oxygen atoms in total. The van der Waals surface area contributed by atoms with Gasteiger partial charge in [0.05, 0.1) is 0 Å². The van der Waals surface area contributed by atoms with Gasteiger partial charge in [-0.1, -0.05) is 0 Å². The van der Waals surface area contributed by atoms with Gasteiger partial charge in [0.15, 0.2) is 11.5 Å². The normalized spacial score (nSPS) is 17.0. The van der Waals surface area contributed by atoms with Gasteiger partial charge in [0.1, 0.15) is 22.9 Å². The minimum atomic E-state index is -1.14. The quantitative estimate of drug-likeness (QED) is 0.863. The van der Waals surface area contributed by atoms with Crippen LogP contribution in [-0.4, -0.2) is 16.8 Å². The van der Waals surface area contributed by atoms with Crippen LogP contribution in [0.2, 0.25) is 0 Å². The van der Waals surface area contributed by atoms with E-state index in [2.05, 4.69) is 5.32 Å². The number of hydrogen-bond donors (Lipinski definition) is 2. The first kappa shape index (κ1) is 15.7. The molecule has 130 valence electrons. The number of anilines is 1. The van der Waals surface area contributed by atoms with Crippen molar-refractivity contribution in [3.8, 4) is 17.2 Å². The number of carbonyl (C=O) groups is 1. The van der Waals surface area contributed by atoms with Crippen molar-refractivity contribution in [1.29, 1.82) is 0 Å². The molecular weight excluding hydrogens is 332 g/mol. The van der Waals surface area contributed by atoms with Crippen molar-refractivity contribution in [2.45, 2.75) is 31.5 Å². The van der Waals surface area contributed by atoms with Crippen LogP contribution in [0.25, 0.3) is 0 Å². The largest absolute Gasteiger partial charge is 0.507 e. The van der Waals surface area contributed by atoms with Crippen LogP contribution in [-0.2, 0) is 0 Å². The topological polar surface area (TPSA) is 67.8 Å². The molecule has 0 unspecified atom stereocenters. The molecule has 0 bridgehead atoms. The predicted molar refractivity (Wildman–Crippen MR) is 84.9 cm³/mol. The fourth-order valence-corrected chi connectivity index (χ4v) is 3.27. The van der Waals surface area contributed by atoms with Gasteiger partial charge >= 0.3 is 0 Å². The standard InChI is InChI=1S/C18H15F2NO4/c19-10-7-12(20)16(13(22)8-10)17(23)21-11-3-4-14-15(9-11)25-18(24-14)5-1-2-6-18/h3-4,7-9,22H,1-2,5-6H2,(H,21,23). The molecule has 2 aromatic carbocycles. The Kier molecular flexibility index (Phi) is 3.52. The molecule has 1 spiro atoms. The van der Waals surface area contributed by atoms with Gasteiger partial charge in [0.2, 0.25) is 0 Å². The number of aromatic hydroxyl groups is 1. The lowest BCUT2D eigenvalue weighted by Crippen LogP contribution is -2.34. The fourth-order valence-electron chi connectivity index (χ4n) is 3.27. The maximum atomic E-state index is 13.8. The summed E-state index contributed by atoms with van der Waals surface area (Å²) >= 11 is 0. The number of amides is 1. The molecule has 1 aliphatic heterocycles. The predicted octanol–water partition coefficient (Wildman–Crippen LogP) is 3.96. The second kappa shape index (κ2) is 5.61. The number of halogens is 2. The minimum absolute atomic E-state index is 0.352. The van der Waals surface area contributed by atoms with E-state index in [0.29, 0.717) is 29.3 Å². The molecule has 7 heteroatoms. The summed E-state index contributed by atoms with van der Waals surface area (Å²) in [6, 6.07) is 6.06. The number of carbonyl (C=O) groups excluding carboxylic acids is 1. The number of benzene rings is 2. The Labute approximate surface area is 142 Å². The third kappa shape index (κ3) is 2.75.